The Morgan fingerprint density at radius 3 is 2.79 bits per heavy atom. The van der Waals surface area contributed by atoms with Crippen LogP contribution in [-0.2, 0) is 9.59 Å². The zero-order valence-corrected chi connectivity index (χ0v) is 17.3. The van der Waals surface area contributed by atoms with Crippen molar-refractivity contribution >= 4 is 23.6 Å². The van der Waals surface area contributed by atoms with E-state index in [4.69, 9.17) is 9.47 Å². The van der Waals surface area contributed by atoms with Crippen LogP contribution in [0.25, 0.3) is 0 Å². The van der Waals surface area contributed by atoms with Crippen LogP contribution in [0.5, 0.6) is 11.5 Å². The number of likely N-dealkylation sites (tertiary alicyclic amines) is 2. The van der Waals surface area contributed by atoms with Gasteiger partial charge in [0.2, 0.25) is 11.8 Å². The number of rotatable bonds is 6. The van der Waals surface area contributed by atoms with Gasteiger partial charge >= 0.3 is 0 Å². The lowest BCUT2D eigenvalue weighted by Gasteiger charge is -2.23. The van der Waals surface area contributed by atoms with E-state index in [9.17, 15) is 9.59 Å². The van der Waals surface area contributed by atoms with Crippen LogP contribution in [0, 0.1) is 5.41 Å². The largest absolute Gasteiger partial charge is 0.486 e. The van der Waals surface area contributed by atoms with Crippen LogP contribution >= 0.6 is 11.8 Å². The van der Waals surface area contributed by atoms with Crippen molar-refractivity contribution in [2.45, 2.75) is 37.5 Å². The van der Waals surface area contributed by atoms with Gasteiger partial charge in [-0.25, -0.2) is 0 Å². The van der Waals surface area contributed by atoms with E-state index in [1.807, 2.05) is 28.0 Å². The second kappa shape index (κ2) is 8.23. The van der Waals surface area contributed by atoms with Gasteiger partial charge in [-0.2, -0.15) is 0 Å². The molecule has 152 valence electrons. The number of fused-ring (bicyclic) bond motifs is 1. The minimum Gasteiger partial charge on any atom is -0.486 e. The van der Waals surface area contributed by atoms with Gasteiger partial charge in [0.1, 0.15) is 13.2 Å². The summed E-state index contributed by atoms with van der Waals surface area (Å²) in [6.45, 7) is 6.24. The number of hydrogen-bond donors (Lipinski definition) is 0. The summed E-state index contributed by atoms with van der Waals surface area (Å²) < 4.78 is 11.2. The fourth-order valence-corrected chi connectivity index (χ4v) is 5.23. The molecule has 4 rings (SSSR count). The maximum Gasteiger partial charge on any atom is 0.230 e. The van der Waals surface area contributed by atoms with E-state index in [1.165, 1.54) is 0 Å². The number of thioether (sulfide) groups is 1. The first-order valence-electron chi connectivity index (χ1n) is 10.2. The predicted octanol–water partition coefficient (Wildman–Crippen LogP) is 2.80. The van der Waals surface area contributed by atoms with Crippen LogP contribution in [0.4, 0.5) is 0 Å². The Balaban J connectivity index is 1.27. The average Bonchev–Trinajstić information content (AvgIpc) is 3.28. The third-order valence-electron chi connectivity index (χ3n) is 5.90. The van der Waals surface area contributed by atoms with E-state index in [1.54, 1.807) is 11.8 Å². The number of hydrogen-bond acceptors (Lipinski definition) is 5. The maximum atomic E-state index is 12.8. The highest BCUT2D eigenvalue weighted by molar-refractivity contribution is 7.99. The summed E-state index contributed by atoms with van der Waals surface area (Å²) in [6, 6.07) is 5.91. The van der Waals surface area contributed by atoms with Gasteiger partial charge in [-0.1, -0.05) is 6.92 Å². The van der Waals surface area contributed by atoms with Crippen molar-refractivity contribution < 1.29 is 19.1 Å². The molecule has 2 saturated heterocycles. The normalized spacial score (nSPS) is 23.7. The number of carbonyl (C=O) groups excluding carboxylic acids is 2. The lowest BCUT2D eigenvalue weighted by atomic mass is 9.85. The molecule has 0 bridgehead atoms. The van der Waals surface area contributed by atoms with Gasteiger partial charge in [0, 0.05) is 43.2 Å². The lowest BCUT2D eigenvalue weighted by molar-refractivity contribution is -0.136. The molecule has 2 fully saturated rings. The van der Waals surface area contributed by atoms with Crippen LogP contribution in [0.1, 0.15) is 32.6 Å². The molecule has 1 atom stereocenters. The van der Waals surface area contributed by atoms with Crippen molar-refractivity contribution in [3.05, 3.63) is 18.2 Å². The molecule has 1 aromatic carbocycles. The van der Waals surface area contributed by atoms with E-state index in [0.29, 0.717) is 32.7 Å². The smallest absolute Gasteiger partial charge is 0.230 e. The van der Waals surface area contributed by atoms with Crippen molar-refractivity contribution in [1.82, 2.24) is 9.80 Å². The van der Waals surface area contributed by atoms with E-state index < -0.39 is 0 Å². The molecular formula is C21H28N2O4S. The summed E-state index contributed by atoms with van der Waals surface area (Å²) in [6.07, 6.45) is 3.18. The molecule has 0 aromatic heterocycles. The first-order chi connectivity index (χ1) is 13.6. The molecule has 3 aliphatic rings. The number of nitrogens with zero attached hydrogens (tertiary/aromatic N) is 2. The molecule has 3 aliphatic heterocycles. The highest BCUT2D eigenvalue weighted by atomic mass is 32.2. The minimum absolute atomic E-state index is 0.156. The number of benzene rings is 1. The third-order valence-corrected chi connectivity index (χ3v) is 6.90. The second-order valence-electron chi connectivity index (χ2n) is 7.79. The Morgan fingerprint density at radius 1 is 1.18 bits per heavy atom. The zero-order valence-electron chi connectivity index (χ0n) is 16.4. The van der Waals surface area contributed by atoms with Crippen molar-refractivity contribution in [2.24, 2.45) is 5.41 Å². The molecule has 0 N–H and O–H groups in total. The molecule has 7 heteroatoms. The summed E-state index contributed by atoms with van der Waals surface area (Å²) in [5.41, 5.74) is -0.312. The Kier molecular flexibility index (Phi) is 5.71. The van der Waals surface area contributed by atoms with Gasteiger partial charge in [0.05, 0.1) is 5.41 Å². The summed E-state index contributed by atoms with van der Waals surface area (Å²) >= 11 is 1.65. The molecule has 3 heterocycles. The number of ether oxygens (including phenoxy) is 2. The Labute approximate surface area is 170 Å². The molecule has 1 spiro atoms. The lowest BCUT2D eigenvalue weighted by Crippen LogP contribution is -2.38. The van der Waals surface area contributed by atoms with Crippen LogP contribution in [0.2, 0.25) is 0 Å². The average molecular weight is 405 g/mol. The quantitative estimate of drug-likeness (QED) is 0.683. The molecule has 2 amide bonds. The Bertz CT molecular complexity index is 756. The van der Waals surface area contributed by atoms with E-state index in [2.05, 4.69) is 6.92 Å². The van der Waals surface area contributed by atoms with Gasteiger partial charge < -0.3 is 19.3 Å². The molecule has 1 aromatic rings. The van der Waals surface area contributed by atoms with Gasteiger partial charge in [0.25, 0.3) is 0 Å². The minimum atomic E-state index is -0.312. The third kappa shape index (κ3) is 3.81. The van der Waals surface area contributed by atoms with E-state index >= 15 is 0 Å². The van der Waals surface area contributed by atoms with Crippen molar-refractivity contribution in [3.63, 3.8) is 0 Å². The summed E-state index contributed by atoms with van der Waals surface area (Å²) in [5, 5.41) is 0. The molecule has 0 saturated carbocycles. The molecule has 6 nitrogen and oxygen atoms in total. The monoisotopic (exact) mass is 404 g/mol. The number of carbonyl (C=O) groups is 2. The van der Waals surface area contributed by atoms with Gasteiger partial charge in [-0.15, -0.1) is 11.8 Å². The Hall–Kier alpha value is -1.89. The van der Waals surface area contributed by atoms with Gasteiger partial charge in [-0.05, 0) is 37.5 Å². The summed E-state index contributed by atoms with van der Waals surface area (Å²) in [4.78, 5) is 30.4. The highest BCUT2D eigenvalue weighted by Gasteiger charge is 2.51. The van der Waals surface area contributed by atoms with E-state index in [0.717, 1.165) is 54.5 Å². The van der Waals surface area contributed by atoms with Gasteiger partial charge in [0.15, 0.2) is 11.5 Å². The molecule has 0 aliphatic carbocycles. The maximum absolute atomic E-state index is 12.8. The summed E-state index contributed by atoms with van der Waals surface area (Å²) in [5.74, 6) is 2.70. The second-order valence-corrected chi connectivity index (χ2v) is 8.96. The topological polar surface area (TPSA) is 59.1 Å². The van der Waals surface area contributed by atoms with Crippen molar-refractivity contribution in [3.8, 4) is 11.5 Å². The standard InChI is InChI=1S/C21H28N2O4S/c1-2-8-22-9-6-21(20(22)25)7-10-23(15-21)19(24)5-13-28-16-3-4-17-18(14-16)27-12-11-26-17/h3-4,14H,2,5-13,15H2,1H3. The first kappa shape index (κ1) is 19.4. The van der Waals surface area contributed by atoms with Crippen LogP contribution < -0.4 is 9.47 Å². The van der Waals surface area contributed by atoms with Crippen LogP contribution in [0.3, 0.4) is 0 Å². The molecular weight excluding hydrogens is 376 g/mol. The van der Waals surface area contributed by atoms with Crippen LogP contribution in [-0.4, -0.2) is 66.8 Å². The van der Waals surface area contributed by atoms with Crippen molar-refractivity contribution in [2.75, 3.05) is 45.1 Å². The van der Waals surface area contributed by atoms with Gasteiger partial charge in [-0.3, -0.25) is 9.59 Å². The molecule has 1 unspecified atom stereocenters. The highest BCUT2D eigenvalue weighted by Crippen LogP contribution is 2.41. The molecule has 28 heavy (non-hydrogen) atoms. The summed E-state index contributed by atoms with van der Waals surface area (Å²) in [7, 11) is 0. The van der Waals surface area contributed by atoms with Crippen molar-refractivity contribution in [1.29, 1.82) is 0 Å². The molecule has 0 radical (unpaired) electrons. The fourth-order valence-electron chi connectivity index (χ4n) is 4.37. The SMILES string of the molecule is CCCN1CCC2(CCN(C(=O)CCSc3ccc4c(c3)OCCO4)C2)C1=O. The zero-order chi connectivity index (χ0) is 19.6. The van der Waals surface area contributed by atoms with Crippen LogP contribution in [0.15, 0.2) is 23.1 Å². The van der Waals surface area contributed by atoms with E-state index in [-0.39, 0.29) is 17.2 Å². The first-order valence-corrected chi connectivity index (χ1v) is 11.2. The fraction of sp³-hybridized carbons (Fsp3) is 0.619. The predicted molar refractivity (Wildman–Crippen MR) is 108 cm³/mol. The Morgan fingerprint density at radius 2 is 1.96 bits per heavy atom. The number of amides is 2.